The molecule has 2 aromatic carbocycles. The molecule has 0 unspecified atom stereocenters. The van der Waals surface area contributed by atoms with Crippen LogP contribution in [0.1, 0.15) is 97.0 Å². The number of nitrogens with zero attached hydrogens (tertiary/aromatic N) is 2. The predicted molar refractivity (Wildman–Crippen MR) is 155 cm³/mol. The van der Waals surface area contributed by atoms with Gasteiger partial charge in [-0.2, -0.15) is 26.3 Å². The molecule has 1 aliphatic heterocycles. The van der Waals surface area contributed by atoms with E-state index >= 15 is 4.39 Å². The Hall–Kier alpha value is -4.16. The number of carbonyl (C=O) groups is 2. The van der Waals surface area contributed by atoms with Gasteiger partial charge in [0, 0.05) is 22.7 Å². The third kappa shape index (κ3) is 6.80. The highest BCUT2D eigenvalue weighted by Crippen LogP contribution is 2.44. The summed E-state index contributed by atoms with van der Waals surface area (Å²) in [5, 5.41) is 9.36. The monoisotopic (exact) mass is 664 g/mol. The van der Waals surface area contributed by atoms with Crippen LogP contribution in [0, 0.1) is 11.7 Å². The van der Waals surface area contributed by atoms with Gasteiger partial charge in [-0.05, 0) is 98.9 Å². The van der Waals surface area contributed by atoms with Crippen molar-refractivity contribution in [2.24, 2.45) is 5.92 Å². The number of hydrogen-bond donors (Lipinski definition) is 1. The van der Waals surface area contributed by atoms with E-state index in [1.807, 2.05) is 0 Å². The normalized spacial score (nSPS) is 23.6. The van der Waals surface area contributed by atoms with Crippen molar-refractivity contribution in [3.8, 4) is 11.1 Å². The highest BCUT2D eigenvalue weighted by molar-refractivity contribution is 5.73. The van der Waals surface area contributed by atoms with Gasteiger partial charge in [-0.15, -0.1) is 0 Å². The Labute approximate surface area is 265 Å². The molecule has 3 aromatic rings. The van der Waals surface area contributed by atoms with Crippen LogP contribution in [0.3, 0.4) is 0 Å². The minimum absolute atomic E-state index is 0.0166. The Morgan fingerprint density at radius 3 is 2.04 bits per heavy atom. The lowest BCUT2D eigenvalue weighted by atomic mass is 9.78. The molecular weight excluding hydrogens is 633 g/mol. The molecule has 1 N–H and O–H groups in total. The summed E-state index contributed by atoms with van der Waals surface area (Å²) in [5.74, 6) is -1.59. The second kappa shape index (κ2) is 12.1. The van der Waals surface area contributed by atoms with E-state index in [0.29, 0.717) is 49.1 Å². The van der Waals surface area contributed by atoms with E-state index in [4.69, 9.17) is 9.72 Å². The molecular formula is C34H31F7N2O4. The fourth-order valence-electron chi connectivity index (χ4n) is 6.63. The van der Waals surface area contributed by atoms with Gasteiger partial charge < -0.3 is 9.84 Å². The maximum atomic E-state index is 15.5. The third-order valence-electron chi connectivity index (χ3n) is 9.47. The number of rotatable bonds is 7. The maximum absolute atomic E-state index is 15.5. The maximum Gasteiger partial charge on any atom is 0.416 e. The Balaban J connectivity index is 1.32. The van der Waals surface area contributed by atoms with Crippen molar-refractivity contribution in [3.05, 3.63) is 88.0 Å². The smallest absolute Gasteiger partial charge is 0.416 e. The number of aliphatic carboxylic acids is 1. The number of carbonyl (C=O) groups excluding carboxylic acids is 1. The number of halogens is 7. The number of carboxylic acids is 1. The molecule has 47 heavy (non-hydrogen) atoms. The number of carboxylic acid groups (broad SMARTS) is 1. The van der Waals surface area contributed by atoms with Crippen LogP contribution >= 0.6 is 0 Å². The zero-order valence-electron chi connectivity index (χ0n) is 25.2. The predicted octanol–water partition coefficient (Wildman–Crippen LogP) is 9.24. The average Bonchev–Trinajstić information content (AvgIpc) is 3.83. The fourth-order valence-corrected chi connectivity index (χ4v) is 6.63. The topological polar surface area (TPSA) is 79.7 Å². The molecule has 6 rings (SSSR count). The van der Waals surface area contributed by atoms with Crippen LogP contribution in [0.15, 0.2) is 48.5 Å². The van der Waals surface area contributed by atoms with Crippen LogP contribution in [0.2, 0.25) is 0 Å². The molecule has 0 bridgehead atoms. The van der Waals surface area contributed by atoms with Crippen molar-refractivity contribution < 1.29 is 50.2 Å². The molecule has 3 aliphatic rings. The first-order valence-corrected chi connectivity index (χ1v) is 15.4. The standard InChI is InChI=1S/C34H31F7N2O4/c1-17-30(22-12-23(33(36,37)38)15-24(13-22)34(39,40)41)47-32(46)43(17)16-29-25(9-11-28(42-29)19-4-5-19)26-14-21(8-10-27(26)35)18-2-6-20(7-3-18)31(44)45/h8-15,17-20,30H,2-7,16H2,1H3,(H,44,45)/t17-,18?,20?,30-/m0/s1. The summed E-state index contributed by atoms with van der Waals surface area (Å²) in [6.45, 7) is 1.23. The van der Waals surface area contributed by atoms with Gasteiger partial charge in [0.2, 0.25) is 0 Å². The summed E-state index contributed by atoms with van der Waals surface area (Å²) in [6, 6.07) is 8.34. The van der Waals surface area contributed by atoms with Crippen LogP contribution in [0.25, 0.3) is 11.1 Å². The van der Waals surface area contributed by atoms with Crippen molar-refractivity contribution >= 4 is 12.1 Å². The number of ether oxygens (including phenoxy) is 1. The molecule has 2 aliphatic carbocycles. The fraction of sp³-hybridized carbons (Fsp3) is 0.441. The van der Waals surface area contributed by atoms with Gasteiger partial charge in [0.1, 0.15) is 11.9 Å². The minimum atomic E-state index is -5.07. The van der Waals surface area contributed by atoms with Gasteiger partial charge in [0.25, 0.3) is 0 Å². The number of benzene rings is 2. The van der Waals surface area contributed by atoms with Crippen molar-refractivity contribution in [1.82, 2.24) is 9.88 Å². The average molecular weight is 665 g/mol. The Bertz CT molecular complexity index is 1660. The number of alkyl halides is 6. The second-order valence-corrected chi connectivity index (χ2v) is 12.6. The summed E-state index contributed by atoms with van der Waals surface area (Å²) in [7, 11) is 0. The minimum Gasteiger partial charge on any atom is -0.481 e. The molecule has 0 spiro atoms. The summed E-state index contributed by atoms with van der Waals surface area (Å²) in [6.07, 6.45) is -8.49. The quantitative estimate of drug-likeness (QED) is 0.255. The first kappa shape index (κ1) is 32.8. The first-order chi connectivity index (χ1) is 22.1. The molecule has 13 heteroatoms. The van der Waals surface area contributed by atoms with Crippen LogP contribution in [-0.4, -0.2) is 33.1 Å². The second-order valence-electron chi connectivity index (χ2n) is 12.6. The van der Waals surface area contributed by atoms with E-state index in [0.717, 1.165) is 24.1 Å². The Morgan fingerprint density at radius 2 is 1.47 bits per heavy atom. The van der Waals surface area contributed by atoms with E-state index in [9.17, 15) is 41.0 Å². The van der Waals surface area contributed by atoms with Crippen molar-refractivity contribution in [2.75, 3.05) is 0 Å². The molecule has 2 heterocycles. The van der Waals surface area contributed by atoms with Crippen LogP contribution in [-0.2, 0) is 28.4 Å². The van der Waals surface area contributed by atoms with Gasteiger partial charge >= 0.3 is 24.4 Å². The molecule has 2 atom stereocenters. The van der Waals surface area contributed by atoms with E-state index in [1.165, 1.54) is 17.9 Å². The molecule has 6 nitrogen and oxygen atoms in total. The van der Waals surface area contributed by atoms with Gasteiger partial charge in [0.05, 0.1) is 35.3 Å². The molecule has 1 saturated heterocycles. The molecule has 3 fully saturated rings. The van der Waals surface area contributed by atoms with Crippen LogP contribution in [0.4, 0.5) is 35.5 Å². The van der Waals surface area contributed by atoms with E-state index in [-0.39, 0.29) is 30.0 Å². The molecule has 1 aromatic heterocycles. The van der Waals surface area contributed by atoms with Gasteiger partial charge in [-0.1, -0.05) is 12.1 Å². The largest absolute Gasteiger partial charge is 0.481 e. The highest BCUT2D eigenvalue weighted by Gasteiger charge is 2.44. The highest BCUT2D eigenvalue weighted by atomic mass is 19.4. The number of aromatic nitrogens is 1. The first-order valence-electron chi connectivity index (χ1n) is 15.4. The van der Waals surface area contributed by atoms with E-state index < -0.39 is 65.0 Å². The van der Waals surface area contributed by atoms with Crippen molar-refractivity contribution in [1.29, 1.82) is 0 Å². The zero-order chi connectivity index (χ0) is 33.8. The lowest BCUT2D eigenvalue weighted by Gasteiger charge is -2.27. The Kier molecular flexibility index (Phi) is 8.46. The van der Waals surface area contributed by atoms with E-state index in [2.05, 4.69) is 0 Å². The van der Waals surface area contributed by atoms with Gasteiger partial charge in [-0.3, -0.25) is 14.7 Å². The van der Waals surface area contributed by atoms with Gasteiger partial charge in [0.15, 0.2) is 0 Å². The molecule has 0 radical (unpaired) electrons. The van der Waals surface area contributed by atoms with Crippen molar-refractivity contribution in [2.45, 2.75) is 88.3 Å². The van der Waals surface area contributed by atoms with Crippen LogP contribution < -0.4 is 0 Å². The van der Waals surface area contributed by atoms with E-state index in [1.54, 1.807) is 24.3 Å². The lowest BCUT2D eigenvalue weighted by Crippen LogP contribution is -2.32. The SMILES string of the molecule is C[C@H]1[C@@H](c2cc(C(F)(F)F)cc(C(F)(F)F)c2)OC(=O)N1Cc1nc(C2CC2)ccc1-c1cc(C2CCC(C(=O)O)CC2)ccc1F. The molecule has 1 amide bonds. The third-order valence-corrected chi connectivity index (χ3v) is 9.47. The summed E-state index contributed by atoms with van der Waals surface area (Å²) in [5.41, 5.74) is -1.00. The van der Waals surface area contributed by atoms with Gasteiger partial charge in [-0.25, -0.2) is 9.18 Å². The number of cyclic esters (lactones) is 1. The molecule has 2 saturated carbocycles. The number of hydrogen-bond acceptors (Lipinski definition) is 4. The lowest BCUT2D eigenvalue weighted by molar-refractivity contribution is -0.144. The van der Waals surface area contributed by atoms with Crippen molar-refractivity contribution in [3.63, 3.8) is 0 Å². The summed E-state index contributed by atoms with van der Waals surface area (Å²) in [4.78, 5) is 30.5. The molecule has 250 valence electrons. The summed E-state index contributed by atoms with van der Waals surface area (Å²) >= 11 is 0. The zero-order valence-corrected chi connectivity index (χ0v) is 25.2. The number of pyridine rings is 1. The summed E-state index contributed by atoms with van der Waals surface area (Å²) < 4.78 is 102. The number of amides is 1. The van der Waals surface area contributed by atoms with Crippen LogP contribution in [0.5, 0.6) is 0 Å². The Morgan fingerprint density at radius 1 is 0.851 bits per heavy atom.